The first-order valence-electron chi connectivity index (χ1n) is 7.47. The highest BCUT2D eigenvalue weighted by Gasteiger charge is 2.29. The maximum atomic E-state index is 4.70. The van der Waals surface area contributed by atoms with Crippen LogP contribution in [0.2, 0.25) is 0 Å². The van der Waals surface area contributed by atoms with E-state index < -0.39 is 0 Å². The Balaban J connectivity index is 1.98. The summed E-state index contributed by atoms with van der Waals surface area (Å²) in [5.74, 6) is 0.768. The summed E-state index contributed by atoms with van der Waals surface area (Å²) in [4.78, 5) is 4.70. The van der Waals surface area contributed by atoms with Crippen molar-refractivity contribution in [2.24, 2.45) is 5.92 Å². The summed E-state index contributed by atoms with van der Waals surface area (Å²) in [6.07, 6.45) is 7.18. The monoisotopic (exact) mass is 254 g/mol. The van der Waals surface area contributed by atoms with E-state index in [1.165, 1.54) is 42.1 Å². The lowest BCUT2D eigenvalue weighted by atomic mass is 9.77. The van der Waals surface area contributed by atoms with Crippen molar-refractivity contribution in [3.05, 3.63) is 42.2 Å². The normalized spacial score (nSPS) is 17.3. The lowest BCUT2D eigenvalue weighted by Crippen LogP contribution is -2.33. The molecule has 0 aliphatic heterocycles. The minimum atomic E-state index is 0.430. The van der Waals surface area contributed by atoms with Gasteiger partial charge in [0.05, 0.1) is 11.7 Å². The average molecular weight is 254 g/mol. The van der Waals surface area contributed by atoms with Gasteiger partial charge in [-0.3, -0.25) is 4.98 Å². The quantitative estimate of drug-likeness (QED) is 0.869. The molecule has 1 unspecified atom stereocenters. The highest BCUT2D eigenvalue weighted by atomic mass is 14.9. The van der Waals surface area contributed by atoms with Crippen molar-refractivity contribution in [2.75, 3.05) is 6.54 Å². The smallest absolute Gasteiger partial charge is 0.0654 e. The molecular weight excluding hydrogens is 232 g/mol. The van der Waals surface area contributed by atoms with Crippen LogP contribution in [-0.4, -0.2) is 11.5 Å². The van der Waals surface area contributed by atoms with Crippen LogP contribution in [-0.2, 0) is 0 Å². The van der Waals surface area contributed by atoms with Gasteiger partial charge in [-0.05, 0) is 43.2 Å². The fraction of sp³-hybridized carbons (Fsp3) is 0.471. The molecule has 1 aliphatic rings. The molecule has 0 bridgehead atoms. The number of benzene rings is 1. The number of fused-ring (bicyclic) bond motifs is 1. The average Bonchev–Trinajstić information content (AvgIpc) is 2.41. The van der Waals surface area contributed by atoms with Gasteiger partial charge < -0.3 is 5.32 Å². The molecule has 2 heteroatoms. The summed E-state index contributed by atoms with van der Waals surface area (Å²) < 4.78 is 0. The van der Waals surface area contributed by atoms with Crippen molar-refractivity contribution in [3.63, 3.8) is 0 Å². The molecule has 1 N–H and O–H groups in total. The zero-order valence-corrected chi connectivity index (χ0v) is 11.6. The van der Waals surface area contributed by atoms with Crippen molar-refractivity contribution >= 4 is 10.8 Å². The number of hydrogen-bond acceptors (Lipinski definition) is 2. The Hall–Kier alpha value is -1.41. The lowest BCUT2D eigenvalue weighted by molar-refractivity contribution is 0.229. The van der Waals surface area contributed by atoms with Crippen LogP contribution in [0.5, 0.6) is 0 Å². The van der Waals surface area contributed by atoms with Gasteiger partial charge >= 0.3 is 0 Å². The van der Waals surface area contributed by atoms with Crippen LogP contribution in [0.4, 0.5) is 0 Å². The Morgan fingerprint density at radius 2 is 2.11 bits per heavy atom. The molecule has 1 aliphatic carbocycles. The van der Waals surface area contributed by atoms with Crippen molar-refractivity contribution in [1.82, 2.24) is 10.3 Å². The molecule has 1 atom stereocenters. The number of hydrogen-bond donors (Lipinski definition) is 1. The standard InChI is InChI=1S/C17H22N2/c1-2-11-18-16(14-7-5-8-14)17-15-9-4-3-6-13(15)10-12-19-17/h3-4,6,9-10,12,14,16,18H,2,5,7-8,11H2,1H3. The number of rotatable bonds is 5. The van der Waals surface area contributed by atoms with Crippen LogP contribution in [0.25, 0.3) is 10.8 Å². The van der Waals surface area contributed by atoms with E-state index in [4.69, 9.17) is 4.98 Å². The van der Waals surface area contributed by atoms with Gasteiger partial charge in [0, 0.05) is 11.6 Å². The predicted octanol–water partition coefficient (Wildman–Crippen LogP) is 4.08. The number of aromatic nitrogens is 1. The van der Waals surface area contributed by atoms with Crippen LogP contribution >= 0.6 is 0 Å². The van der Waals surface area contributed by atoms with Crippen molar-refractivity contribution < 1.29 is 0 Å². The molecule has 0 spiro atoms. The minimum Gasteiger partial charge on any atom is -0.308 e. The second kappa shape index (κ2) is 5.70. The molecule has 1 saturated carbocycles. The SMILES string of the molecule is CCCNC(c1nccc2ccccc12)C1CCC1. The Morgan fingerprint density at radius 3 is 2.84 bits per heavy atom. The van der Waals surface area contributed by atoms with Gasteiger partial charge in [0.1, 0.15) is 0 Å². The highest BCUT2D eigenvalue weighted by Crippen LogP contribution is 2.38. The first-order valence-corrected chi connectivity index (χ1v) is 7.47. The van der Waals surface area contributed by atoms with Gasteiger partial charge in [-0.15, -0.1) is 0 Å². The fourth-order valence-electron chi connectivity index (χ4n) is 2.95. The molecule has 1 heterocycles. The second-order valence-electron chi connectivity index (χ2n) is 5.54. The lowest BCUT2D eigenvalue weighted by Gasteiger charge is -2.34. The number of nitrogens with zero attached hydrogens (tertiary/aromatic N) is 1. The summed E-state index contributed by atoms with van der Waals surface area (Å²) in [5.41, 5.74) is 1.25. The molecule has 1 aromatic heterocycles. The van der Waals surface area contributed by atoms with Crippen LogP contribution in [0.1, 0.15) is 44.3 Å². The number of nitrogens with one attached hydrogen (secondary N) is 1. The van der Waals surface area contributed by atoms with Gasteiger partial charge in [0.15, 0.2) is 0 Å². The third-order valence-corrected chi connectivity index (χ3v) is 4.23. The van der Waals surface area contributed by atoms with E-state index in [1.54, 1.807) is 0 Å². The maximum absolute atomic E-state index is 4.70. The molecule has 0 radical (unpaired) electrons. The van der Waals surface area contributed by atoms with Crippen LogP contribution in [0, 0.1) is 5.92 Å². The molecule has 19 heavy (non-hydrogen) atoms. The van der Waals surface area contributed by atoms with Crippen LogP contribution in [0.3, 0.4) is 0 Å². The topological polar surface area (TPSA) is 24.9 Å². The number of pyridine rings is 1. The van der Waals surface area contributed by atoms with E-state index in [-0.39, 0.29) is 0 Å². The van der Waals surface area contributed by atoms with E-state index in [0.29, 0.717) is 6.04 Å². The summed E-state index contributed by atoms with van der Waals surface area (Å²) >= 11 is 0. The maximum Gasteiger partial charge on any atom is 0.0654 e. The van der Waals surface area contributed by atoms with Gasteiger partial charge in [0.2, 0.25) is 0 Å². The Kier molecular flexibility index (Phi) is 3.79. The largest absolute Gasteiger partial charge is 0.308 e. The van der Waals surface area contributed by atoms with Gasteiger partial charge in [-0.2, -0.15) is 0 Å². The van der Waals surface area contributed by atoms with E-state index in [2.05, 4.69) is 42.6 Å². The zero-order chi connectivity index (χ0) is 13.1. The van der Waals surface area contributed by atoms with Crippen molar-refractivity contribution in [3.8, 4) is 0 Å². The molecule has 1 aromatic carbocycles. The van der Waals surface area contributed by atoms with E-state index >= 15 is 0 Å². The third kappa shape index (κ3) is 2.50. The predicted molar refractivity (Wildman–Crippen MR) is 80.1 cm³/mol. The van der Waals surface area contributed by atoms with Gasteiger partial charge in [-0.25, -0.2) is 0 Å². The van der Waals surface area contributed by atoms with E-state index in [1.807, 2.05) is 6.20 Å². The molecule has 3 rings (SSSR count). The molecule has 0 saturated heterocycles. The zero-order valence-electron chi connectivity index (χ0n) is 11.6. The summed E-state index contributed by atoms with van der Waals surface area (Å²) in [6, 6.07) is 11.1. The van der Waals surface area contributed by atoms with E-state index in [9.17, 15) is 0 Å². The first kappa shape index (κ1) is 12.6. The van der Waals surface area contributed by atoms with Crippen molar-refractivity contribution in [1.29, 1.82) is 0 Å². The summed E-state index contributed by atoms with van der Waals surface area (Å²) in [7, 11) is 0. The van der Waals surface area contributed by atoms with Gasteiger partial charge in [-0.1, -0.05) is 37.6 Å². The van der Waals surface area contributed by atoms with Crippen LogP contribution in [0.15, 0.2) is 36.5 Å². The highest BCUT2D eigenvalue weighted by molar-refractivity contribution is 5.84. The molecule has 100 valence electrons. The molecule has 2 aromatic rings. The van der Waals surface area contributed by atoms with Crippen LogP contribution < -0.4 is 5.32 Å². The fourth-order valence-corrected chi connectivity index (χ4v) is 2.95. The van der Waals surface area contributed by atoms with E-state index in [0.717, 1.165) is 12.5 Å². The minimum absolute atomic E-state index is 0.430. The molecule has 0 amide bonds. The summed E-state index contributed by atoms with van der Waals surface area (Å²) in [6.45, 7) is 3.30. The Morgan fingerprint density at radius 1 is 1.26 bits per heavy atom. The second-order valence-corrected chi connectivity index (χ2v) is 5.54. The molecular formula is C17H22N2. The molecule has 1 fully saturated rings. The third-order valence-electron chi connectivity index (χ3n) is 4.23. The molecule has 2 nitrogen and oxygen atoms in total. The Bertz CT molecular complexity index is 540. The van der Waals surface area contributed by atoms with Crippen molar-refractivity contribution in [2.45, 2.75) is 38.6 Å². The van der Waals surface area contributed by atoms with Gasteiger partial charge in [0.25, 0.3) is 0 Å². The Labute approximate surface area is 115 Å². The first-order chi connectivity index (χ1) is 9.40. The summed E-state index contributed by atoms with van der Waals surface area (Å²) in [5, 5.41) is 6.33.